The summed E-state index contributed by atoms with van der Waals surface area (Å²) in [4.78, 5) is 33.2. The molecule has 0 aliphatic rings. The summed E-state index contributed by atoms with van der Waals surface area (Å²) < 4.78 is 4.91. The smallest absolute Gasteiger partial charge is 0.426 e. The maximum atomic E-state index is 11.8. The SMILES string of the molecule is O=C(NNC(=O)c1ccc([N+](=O)[O-])cc1)OCc1ccccc1. The Morgan fingerprint density at radius 3 is 2.26 bits per heavy atom. The van der Waals surface area contributed by atoms with E-state index < -0.39 is 16.9 Å². The molecule has 2 N–H and O–H groups in total. The van der Waals surface area contributed by atoms with Crippen LogP contribution in [0.3, 0.4) is 0 Å². The number of carbonyl (C=O) groups is 2. The monoisotopic (exact) mass is 315 g/mol. The third kappa shape index (κ3) is 4.81. The van der Waals surface area contributed by atoms with Crippen LogP contribution in [0.4, 0.5) is 10.5 Å². The number of nitrogens with one attached hydrogen (secondary N) is 2. The molecule has 2 amide bonds. The van der Waals surface area contributed by atoms with Gasteiger partial charge in [0.2, 0.25) is 0 Å². The number of benzene rings is 2. The van der Waals surface area contributed by atoms with Crippen LogP contribution in [0.15, 0.2) is 54.6 Å². The fourth-order valence-electron chi connectivity index (χ4n) is 1.67. The van der Waals surface area contributed by atoms with Crippen LogP contribution < -0.4 is 10.9 Å². The fraction of sp³-hybridized carbons (Fsp3) is 0.0667. The molecule has 0 heterocycles. The quantitative estimate of drug-likeness (QED) is 0.663. The Kier molecular flexibility index (Phi) is 5.24. The first-order valence-electron chi connectivity index (χ1n) is 6.58. The Morgan fingerprint density at radius 2 is 1.65 bits per heavy atom. The molecule has 0 spiro atoms. The predicted molar refractivity (Wildman–Crippen MR) is 80.3 cm³/mol. The van der Waals surface area contributed by atoms with Crippen LogP contribution in [0.2, 0.25) is 0 Å². The highest BCUT2D eigenvalue weighted by Gasteiger charge is 2.10. The molecule has 0 atom stereocenters. The lowest BCUT2D eigenvalue weighted by molar-refractivity contribution is -0.384. The highest BCUT2D eigenvalue weighted by Crippen LogP contribution is 2.11. The Balaban J connectivity index is 1.79. The van der Waals surface area contributed by atoms with Gasteiger partial charge in [0.25, 0.3) is 11.6 Å². The van der Waals surface area contributed by atoms with E-state index in [1.165, 1.54) is 24.3 Å². The molecule has 23 heavy (non-hydrogen) atoms. The number of rotatable bonds is 4. The summed E-state index contributed by atoms with van der Waals surface area (Å²) >= 11 is 0. The lowest BCUT2D eigenvalue weighted by Gasteiger charge is -2.08. The molecule has 0 aromatic heterocycles. The van der Waals surface area contributed by atoms with Crippen LogP contribution in [-0.4, -0.2) is 16.9 Å². The molecule has 0 aliphatic carbocycles. The highest BCUT2D eigenvalue weighted by molar-refractivity contribution is 5.95. The van der Waals surface area contributed by atoms with Crippen molar-refractivity contribution < 1.29 is 19.2 Å². The summed E-state index contributed by atoms with van der Waals surface area (Å²) in [6.45, 7) is 0.0695. The molecule has 8 nitrogen and oxygen atoms in total. The Bertz CT molecular complexity index is 701. The zero-order valence-electron chi connectivity index (χ0n) is 11.9. The number of ether oxygens (including phenoxy) is 1. The summed E-state index contributed by atoms with van der Waals surface area (Å²) in [6, 6.07) is 14.0. The van der Waals surface area contributed by atoms with Crippen LogP contribution in [0.1, 0.15) is 15.9 Å². The van der Waals surface area contributed by atoms with E-state index in [2.05, 4.69) is 10.9 Å². The van der Waals surface area contributed by atoms with Crippen molar-refractivity contribution in [2.75, 3.05) is 0 Å². The van der Waals surface area contributed by atoms with Gasteiger partial charge in [-0.2, -0.15) is 0 Å². The molecule has 0 aliphatic heterocycles. The normalized spacial score (nSPS) is 9.74. The second-order valence-electron chi connectivity index (χ2n) is 4.44. The van der Waals surface area contributed by atoms with Crippen molar-refractivity contribution in [2.45, 2.75) is 6.61 Å². The van der Waals surface area contributed by atoms with Gasteiger partial charge in [-0.1, -0.05) is 30.3 Å². The topological polar surface area (TPSA) is 111 Å². The molecule has 0 radical (unpaired) electrons. The van der Waals surface area contributed by atoms with Crippen molar-refractivity contribution in [3.8, 4) is 0 Å². The Hall–Kier alpha value is -3.42. The zero-order chi connectivity index (χ0) is 16.7. The van der Waals surface area contributed by atoms with Crippen LogP contribution in [-0.2, 0) is 11.3 Å². The van der Waals surface area contributed by atoms with E-state index in [-0.39, 0.29) is 17.9 Å². The van der Waals surface area contributed by atoms with Crippen molar-refractivity contribution >= 4 is 17.7 Å². The van der Waals surface area contributed by atoms with Gasteiger partial charge in [-0.05, 0) is 17.7 Å². The first-order valence-corrected chi connectivity index (χ1v) is 6.58. The molecule has 0 fully saturated rings. The van der Waals surface area contributed by atoms with E-state index in [4.69, 9.17) is 4.74 Å². The van der Waals surface area contributed by atoms with Crippen LogP contribution >= 0.6 is 0 Å². The van der Waals surface area contributed by atoms with Gasteiger partial charge in [0, 0.05) is 17.7 Å². The van der Waals surface area contributed by atoms with Crippen molar-refractivity contribution in [1.29, 1.82) is 0 Å². The van der Waals surface area contributed by atoms with Gasteiger partial charge in [-0.15, -0.1) is 0 Å². The molecular formula is C15H13N3O5. The molecule has 2 aromatic rings. The minimum Gasteiger partial charge on any atom is -0.443 e. The maximum absolute atomic E-state index is 11.8. The van der Waals surface area contributed by atoms with Gasteiger partial charge in [-0.3, -0.25) is 20.3 Å². The molecule has 0 unspecified atom stereocenters. The second kappa shape index (κ2) is 7.55. The van der Waals surface area contributed by atoms with Gasteiger partial charge >= 0.3 is 6.09 Å². The van der Waals surface area contributed by atoms with Crippen molar-refractivity contribution in [1.82, 2.24) is 10.9 Å². The molecule has 2 aromatic carbocycles. The first kappa shape index (κ1) is 16.0. The van der Waals surface area contributed by atoms with E-state index in [0.717, 1.165) is 5.56 Å². The van der Waals surface area contributed by atoms with Crippen LogP contribution in [0, 0.1) is 10.1 Å². The van der Waals surface area contributed by atoms with E-state index in [0.29, 0.717) is 0 Å². The Labute approximate surface area is 131 Å². The molecule has 118 valence electrons. The van der Waals surface area contributed by atoms with Gasteiger partial charge in [0.05, 0.1) is 4.92 Å². The first-order chi connectivity index (χ1) is 11.1. The average Bonchev–Trinajstić information content (AvgIpc) is 2.58. The van der Waals surface area contributed by atoms with Crippen molar-refractivity contribution in [2.24, 2.45) is 0 Å². The van der Waals surface area contributed by atoms with Crippen molar-refractivity contribution in [3.05, 3.63) is 75.8 Å². The van der Waals surface area contributed by atoms with E-state index >= 15 is 0 Å². The highest BCUT2D eigenvalue weighted by atomic mass is 16.6. The number of amides is 2. The zero-order valence-corrected chi connectivity index (χ0v) is 11.9. The molecule has 0 saturated heterocycles. The number of nitro benzene ring substituents is 1. The van der Waals surface area contributed by atoms with Gasteiger partial charge in [-0.25, -0.2) is 10.2 Å². The lowest BCUT2D eigenvalue weighted by atomic mass is 10.2. The third-order valence-corrected chi connectivity index (χ3v) is 2.83. The van der Waals surface area contributed by atoms with Crippen LogP contribution in [0.25, 0.3) is 0 Å². The minimum absolute atomic E-state index is 0.0695. The third-order valence-electron chi connectivity index (χ3n) is 2.83. The number of non-ortho nitro benzene ring substituents is 1. The summed E-state index contributed by atoms with van der Waals surface area (Å²) in [7, 11) is 0. The van der Waals surface area contributed by atoms with Gasteiger partial charge in [0.1, 0.15) is 6.61 Å². The second-order valence-corrected chi connectivity index (χ2v) is 4.44. The average molecular weight is 315 g/mol. The van der Waals surface area contributed by atoms with E-state index in [1.807, 2.05) is 18.2 Å². The predicted octanol–water partition coefficient (Wildman–Crippen LogP) is 2.17. The summed E-state index contributed by atoms with van der Waals surface area (Å²) in [6.07, 6.45) is -0.816. The molecule has 0 saturated carbocycles. The minimum atomic E-state index is -0.816. The lowest BCUT2D eigenvalue weighted by Crippen LogP contribution is -2.41. The Morgan fingerprint density at radius 1 is 1.00 bits per heavy atom. The number of hydrazine groups is 1. The van der Waals surface area contributed by atoms with E-state index in [9.17, 15) is 19.7 Å². The number of nitro groups is 1. The summed E-state index contributed by atoms with van der Waals surface area (Å²) in [5.74, 6) is -0.614. The summed E-state index contributed by atoms with van der Waals surface area (Å²) in [5, 5.41) is 10.5. The van der Waals surface area contributed by atoms with Gasteiger partial charge in [0.15, 0.2) is 0 Å². The number of hydrogen-bond acceptors (Lipinski definition) is 5. The van der Waals surface area contributed by atoms with Gasteiger partial charge < -0.3 is 4.74 Å². The molecule has 2 rings (SSSR count). The summed E-state index contributed by atoms with van der Waals surface area (Å²) in [5.41, 5.74) is 5.09. The number of carbonyl (C=O) groups excluding carboxylic acids is 2. The fourth-order valence-corrected chi connectivity index (χ4v) is 1.67. The maximum Gasteiger partial charge on any atom is 0.426 e. The van der Waals surface area contributed by atoms with Crippen LogP contribution in [0.5, 0.6) is 0 Å². The van der Waals surface area contributed by atoms with Crippen molar-refractivity contribution in [3.63, 3.8) is 0 Å². The van der Waals surface area contributed by atoms with E-state index in [1.54, 1.807) is 12.1 Å². The number of hydrogen-bond donors (Lipinski definition) is 2. The number of nitrogens with zero attached hydrogens (tertiary/aromatic N) is 1. The molecule has 0 bridgehead atoms. The molecule has 8 heteroatoms. The standard InChI is InChI=1S/C15H13N3O5/c19-14(12-6-8-13(9-7-12)18(21)22)16-17-15(20)23-10-11-4-2-1-3-5-11/h1-9H,10H2,(H,16,19)(H,17,20). The largest absolute Gasteiger partial charge is 0.443 e. The molecular weight excluding hydrogens is 302 g/mol.